The fourth-order valence-corrected chi connectivity index (χ4v) is 2.09. The van der Waals surface area contributed by atoms with E-state index >= 15 is 0 Å². The predicted octanol–water partition coefficient (Wildman–Crippen LogP) is -1.02. The summed E-state index contributed by atoms with van der Waals surface area (Å²) in [6.07, 6.45) is 2.00. The highest BCUT2D eigenvalue weighted by Gasteiger charge is 2.20. The number of piperidine rings is 1. The van der Waals surface area contributed by atoms with Crippen LogP contribution in [-0.4, -0.2) is 54.7 Å². The van der Waals surface area contributed by atoms with Gasteiger partial charge in [0.25, 0.3) is 0 Å². The Labute approximate surface area is 123 Å². The SMILES string of the molecule is NC(=O)CCC(NC(=O)CCOC1CCNCC1)C(=O)O. The van der Waals surface area contributed by atoms with Gasteiger partial charge in [-0.3, -0.25) is 9.59 Å². The van der Waals surface area contributed by atoms with Crippen LogP contribution in [0.3, 0.4) is 0 Å². The third-order valence-electron chi connectivity index (χ3n) is 3.28. The molecule has 8 nitrogen and oxygen atoms in total. The number of amides is 2. The second-order valence-corrected chi connectivity index (χ2v) is 5.03. The van der Waals surface area contributed by atoms with Gasteiger partial charge in [-0.1, -0.05) is 0 Å². The molecule has 0 aromatic rings. The fourth-order valence-electron chi connectivity index (χ4n) is 2.09. The summed E-state index contributed by atoms with van der Waals surface area (Å²) in [4.78, 5) is 33.3. The normalized spacial score (nSPS) is 17.1. The van der Waals surface area contributed by atoms with Crippen molar-refractivity contribution in [3.05, 3.63) is 0 Å². The highest BCUT2D eigenvalue weighted by atomic mass is 16.5. The molecule has 1 atom stereocenters. The van der Waals surface area contributed by atoms with Gasteiger partial charge in [0.2, 0.25) is 11.8 Å². The van der Waals surface area contributed by atoms with E-state index in [1.165, 1.54) is 0 Å². The Bertz CT molecular complexity index is 369. The van der Waals surface area contributed by atoms with Gasteiger partial charge >= 0.3 is 5.97 Å². The zero-order chi connectivity index (χ0) is 15.7. The third-order valence-corrected chi connectivity index (χ3v) is 3.28. The maximum Gasteiger partial charge on any atom is 0.326 e. The average molecular weight is 301 g/mol. The van der Waals surface area contributed by atoms with Crippen LogP contribution in [0.4, 0.5) is 0 Å². The number of hydrogen-bond acceptors (Lipinski definition) is 5. The maximum absolute atomic E-state index is 11.7. The molecular formula is C13H23N3O5. The first kappa shape index (κ1) is 17.4. The van der Waals surface area contributed by atoms with Crippen molar-refractivity contribution in [1.29, 1.82) is 0 Å². The van der Waals surface area contributed by atoms with Crippen LogP contribution in [0.15, 0.2) is 0 Å². The zero-order valence-electron chi connectivity index (χ0n) is 12.0. The maximum atomic E-state index is 11.7. The van der Waals surface area contributed by atoms with E-state index in [0.717, 1.165) is 25.9 Å². The topological polar surface area (TPSA) is 131 Å². The summed E-state index contributed by atoms with van der Waals surface area (Å²) in [5.74, 6) is -2.17. The van der Waals surface area contributed by atoms with Crippen LogP contribution in [-0.2, 0) is 19.1 Å². The third kappa shape index (κ3) is 7.62. The Morgan fingerprint density at radius 1 is 1.29 bits per heavy atom. The lowest BCUT2D eigenvalue weighted by atomic mass is 10.1. The van der Waals surface area contributed by atoms with E-state index in [1.54, 1.807) is 0 Å². The molecule has 1 heterocycles. The number of ether oxygens (including phenoxy) is 1. The number of nitrogens with one attached hydrogen (secondary N) is 2. The van der Waals surface area contributed by atoms with Gasteiger partial charge in [-0.15, -0.1) is 0 Å². The first-order valence-electron chi connectivity index (χ1n) is 7.12. The number of carbonyl (C=O) groups is 3. The smallest absolute Gasteiger partial charge is 0.326 e. The van der Waals surface area contributed by atoms with E-state index in [0.29, 0.717) is 0 Å². The number of carboxylic acid groups (broad SMARTS) is 1. The molecule has 1 rings (SSSR count). The van der Waals surface area contributed by atoms with Crippen LogP contribution < -0.4 is 16.4 Å². The van der Waals surface area contributed by atoms with Gasteiger partial charge in [0, 0.05) is 12.8 Å². The Morgan fingerprint density at radius 2 is 1.95 bits per heavy atom. The van der Waals surface area contributed by atoms with Crippen LogP contribution in [0.5, 0.6) is 0 Å². The standard InChI is InChI=1S/C13H23N3O5/c14-11(17)2-1-10(13(19)20)16-12(18)5-8-21-9-3-6-15-7-4-9/h9-10,15H,1-8H2,(H2,14,17)(H,16,18)(H,19,20). The molecular weight excluding hydrogens is 278 g/mol. The molecule has 1 saturated heterocycles. The van der Waals surface area contributed by atoms with Gasteiger partial charge in [0.15, 0.2) is 0 Å². The van der Waals surface area contributed by atoms with Crippen LogP contribution in [0.1, 0.15) is 32.1 Å². The van der Waals surface area contributed by atoms with Crippen LogP contribution in [0.2, 0.25) is 0 Å². The predicted molar refractivity (Wildman–Crippen MR) is 74.5 cm³/mol. The monoisotopic (exact) mass is 301 g/mol. The van der Waals surface area contributed by atoms with Crippen LogP contribution in [0, 0.1) is 0 Å². The Hall–Kier alpha value is -1.67. The zero-order valence-corrected chi connectivity index (χ0v) is 12.0. The summed E-state index contributed by atoms with van der Waals surface area (Å²) >= 11 is 0. The molecule has 1 aliphatic heterocycles. The van der Waals surface area contributed by atoms with Gasteiger partial charge in [-0.25, -0.2) is 4.79 Å². The molecule has 1 aliphatic rings. The molecule has 5 N–H and O–H groups in total. The van der Waals surface area contributed by atoms with Crippen molar-refractivity contribution < 1.29 is 24.2 Å². The molecule has 0 spiro atoms. The molecule has 0 aliphatic carbocycles. The number of primary amides is 1. The minimum absolute atomic E-state index is 0.00837. The molecule has 0 aromatic carbocycles. The van der Waals surface area contributed by atoms with Crippen LogP contribution >= 0.6 is 0 Å². The van der Waals surface area contributed by atoms with Crippen molar-refractivity contribution >= 4 is 17.8 Å². The second-order valence-electron chi connectivity index (χ2n) is 5.03. The number of carbonyl (C=O) groups excluding carboxylic acids is 2. The lowest BCUT2D eigenvalue weighted by Crippen LogP contribution is -2.42. The highest BCUT2D eigenvalue weighted by molar-refractivity contribution is 5.84. The summed E-state index contributed by atoms with van der Waals surface area (Å²) in [6, 6.07) is -1.09. The Kier molecular flexibility index (Phi) is 7.70. The molecule has 0 saturated carbocycles. The van der Waals surface area contributed by atoms with Crippen molar-refractivity contribution in [3.8, 4) is 0 Å². The number of carboxylic acids is 1. The summed E-state index contributed by atoms with van der Waals surface area (Å²) in [5.41, 5.74) is 4.96. The summed E-state index contributed by atoms with van der Waals surface area (Å²) < 4.78 is 5.57. The second kappa shape index (κ2) is 9.30. The van der Waals surface area contributed by atoms with Crippen LogP contribution in [0.25, 0.3) is 0 Å². The van der Waals surface area contributed by atoms with Crippen molar-refractivity contribution in [2.45, 2.75) is 44.2 Å². The minimum Gasteiger partial charge on any atom is -0.480 e. The number of rotatable bonds is 9. The van der Waals surface area contributed by atoms with E-state index in [4.69, 9.17) is 15.6 Å². The highest BCUT2D eigenvalue weighted by Crippen LogP contribution is 2.07. The van der Waals surface area contributed by atoms with Crippen molar-refractivity contribution in [3.63, 3.8) is 0 Å². The summed E-state index contributed by atoms with van der Waals surface area (Å²) in [5, 5.41) is 14.5. The van der Waals surface area contributed by atoms with Gasteiger partial charge in [0.05, 0.1) is 12.7 Å². The molecule has 120 valence electrons. The largest absolute Gasteiger partial charge is 0.480 e. The minimum atomic E-state index is -1.18. The first-order chi connectivity index (χ1) is 9.99. The van der Waals surface area contributed by atoms with Gasteiger partial charge < -0.3 is 26.2 Å². The van der Waals surface area contributed by atoms with Crippen molar-refractivity contribution in [1.82, 2.24) is 10.6 Å². The lowest BCUT2D eigenvalue weighted by molar-refractivity contribution is -0.142. The molecule has 0 bridgehead atoms. The summed E-state index contributed by atoms with van der Waals surface area (Å²) in [6.45, 7) is 2.08. The number of aliphatic carboxylic acids is 1. The lowest BCUT2D eigenvalue weighted by Gasteiger charge is -2.23. The quantitative estimate of drug-likeness (QED) is 0.431. The first-order valence-corrected chi connectivity index (χ1v) is 7.12. The molecule has 0 aromatic heterocycles. The molecule has 1 unspecified atom stereocenters. The summed E-state index contributed by atoms with van der Waals surface area (Å²) in [7, 11) is 0. The average Bonchev–Trinajstić information content (AvgIpc) is 2.44. The van der Waals surface area contributed by atoms with Gasteiger partial charge in [0.1, 0.15) is 6.04 Å². The van der Waals surface area contributed by atoms with E-state index in [2.05, 4.69) is 10.6 Å². The molecule has 1 fully saturated rings. The molecule has 21 heavy (non-hydrogen) atoms. The Morgan fingerprint density at radius 3 is 2.52 bits per heavy atom. The van der Waals surface area contributed by atoms with E-state index < -0.39 is 23.8 Å². The molecule has 2 amide bonds. The van der Waals surface area contributed by atoms with E-state index in [1.807, 2.05) is 0 Å². The van der Waals surface area contributed by atoms with Crippen molar-refractivity contribution in [2.24, 2.45) is 5.73 Å². The molecule has 8 heteroatoms. The van der Waals surface area contributed by atoms with E-state index in [9.17, 15) is 14.4 Å². The number of nitrogens with two attached hydrogens (primary N) is 1. The van der Waals surface area contributed by atoms with E-state index in [-0.39, 0.29) is 32.0 Å². The van der Waals surface area contributed by atoms with Gasteiger partial charge in [-0.05, 0) is 32.4 Å². The van der Waals surface area contributed by atoms with Crippen molar-refractivity contribution in [2.75, 3.05) is 19.7 Å². The van der Waals surface area contributed by atoms with Gasteiger partial charge in [-0.2, -0.15) is 0 Å². The number of hydrogen-bond donors (Lipinski definition) is 4. The Balaban J connectivity index is 2.22. The fraction of sp³-hybridized carbons (Fsp3) is 0.769. The molecule has 0 radical (unpaired) electrons.